The molecule has 0 aromatic carbocycles. The maximum Gasteiger partial charge on any atom is 0.232 e. The van der Waals surface area contributed by atoms with Gasteiger partial charge in [-0.25, -0.2) is 0 Å². The zero-order chi connectivity index (χ0) is 11.3. The van der Waals surface area contributed by atoms with Gasteiger partial charge in [0.1, 0.15) is 0 Å². The number of likely N-dealkylation sites (tertiary alicyclic amines) is 1. The fourth-order valence-electron chi connectivity index (χ4n) is 1.68. The Labute approximate surface area is 97.8 Å². The van der Waals surface area contributed by atoms with E-state index in [1.165, 1.54) is 12.8 Å². The molecule has 1 heterocycles. The van der Waals surface area contributed by atoms with Crippen molar-refractivity contribution in [2.24, 2.45) is 5.92 Å². The van der Waals surface area contributed by atoms with Crippen LogP contribution in [0.25, 0.3) is 0 Å². The van der Waals surface area contributed by atoms with Crippen molar-refractivity contribution in [2.45, 2.75) is 45.3 Å². The summed E-state index contributed by atoms with van der Waals surface area (Å²) < 4.78 is 0. The molecule has 0 bridgehead atoms. The Hall–Kier alpha value is -0.180. The van der Waals surface area contributed by atoms with Gasteiger partial charge in [-0.2, -0.15) is 0 Å². The van der Waals surface area contributed by atoms with Crippen LogP contribution in [0.1, 0.15) is 40.0 Å². The zero-order valence-electron chi connectivity index (χ0n) is 10.2. The van der Waals surface area contributed by atoms with E-state index < -0.39 is 0 Å². The van der Waals surface area contributed by atoms with Gasteiger partial charge < -0.3 is 4.90 Å². The first-order chi connectivity index (χ1) is 7.13. The largest absolute Gasteiger partial charge is 0.342 e. The summed E-state index contributed by atoms with van der Waals surface area (Å²) in [6.45, 7) is 8.58. The van der Waals surface area contributed by atoms with Crippen LogP contribution in [0.3, 0.4) is 0 Å². The van der Waals surface area contributed by atoms with Crippen molar-refractivity contribution in [1.82, 2.24) is 4.90 Å². The second-order valence-electron chi connectivity index (χ2n) is 4.59. The number of amides is 1. The van der Waals surface area contributed by atoms with Gasteiger partial charge in [-0.15, -0.1) is 11.8 Å². The van der Waals surface area contributed by atoms with Crippen molar-refractivity contribution in [3.63, 3.8) is 0 Å². The van der Waals surface area contributed by atoms with Gasteiger partial charge in [-0.1, -0.05) is 20.8 Å². The minimum Gasteiger partial charge on any atom is -0.342 e. The summed E-state index contributed by atoms with van der Waals surface area (Å²) in [5.74, 6) is 1.81. The summed E-state index contributed by atoms with van der Waals surface area (Å²) in [4.78, 5) is 13.9. The molecule has 3 heteroatoms. The van der Waals surface area contributed by atoms with Crippen molar-refractivity contribution in [3.05, 3.63) is 0 Å². The number of carbonyl (C=O) groups excluding carboxylic acids is 1. The molecule has 0 N–H and O–H groups in total. The number of hydrogen-bond donors (Lipinski definition) is 0. The lowest BCUT2D eigenvalue weighted by atomic mass is 9.99. The van der Waals surface area contributed by atoms with Crippen LogP contribution in [0.15, 0.2) is 0 Å². The van der Waals surface area contributed by atoms with Crippen LogP contribution in [0.5, 0.6) is 0 Å². The molecule has 0 radical (unpaired) electrons. The molecule has 2 nitrogen and oxygen atoms in total. The molecule has 0 spiro atoms. The lowest BCUT2D eigenvalue weighted by molar-refractivity contribution is -0.129. The summed E-state index contributed by atoms with van der Waals surface area (Å²) in [6.07, 6.45) is 3.51. The highest BCUT2D eigenvalue weighted by molar-refractivity contribution is 8.00. The van der Waals surface area contributed by atoms with Crippen LogP contribution >= 0.6 is 11.8 Å². The topological polar surface area (TPSA) is 20.3 Å². The van der Waals surface area contributed by atoms with E-state index in [4.69, 9.17) is 0 Å². The fourth-order valence-corrected chi connectivity index (χ4v) is 2.53. The maximum atomic E-state index is 11.8. The highest BCUT2D eigenvalue weighted by Crippen LogP contribution is 2.19. The first-order valence-electron chi connectivity index (χ1n) is 6.02. The van der Waals surface area contributed by atoms with Crippen LogP contribution < -0.4 is 0 Å². The predicted octanol–water partition coefficient (Wildman–Crippen LogP) is 2.78. The Morgan fingerprint density at radius 3 is 2.60 bits per heavy atom. The van der Waals surface area contributed by atoms with Crippen molar-refractivity contribution in [3.8, 4) is 0 Å². The lowest BCUT2D eigenvalue weighted by Gasteiger charge is -2.30. The Morgan fingerprint density at radius 1 is 1.47 bits per heavy atom. The second kappa shape index (κ2) is 6.41. The fraction of sp³-hybridized carbons (Fsp3) is 0.917. The van der Waals surface area contributed by atoms with Gasteiger partial charge in [0.15, 0.2) is 0 Å². The average Bonchev–Trinajstić information content (AvgIpc) is 2.26. The van der Waals surface area contributed by atoms with Crippen LogP contribution in [-0.4, -0.2) is 34.9 Å². The van der Waals surface area contributed by atoms with Crippen LogP contribution in [-0.2, 0) is 4.79 Å². The monoisotopic (exact) mass is 229 g/mol. The molecule has 1 saturated heterocycles. The predicted molar refractivity (Wildman–Crippen MR) is 67.2 cm³/mol. The van der Waals surface area contributed by atoms with Crippen LogP contribution in [0.4, 0.5) is 0 Å². The minimum absolute atomic E-state index is 0.340. The van der Waals surface area contributed by atoms with Gasteiger partial charge in [0.2, 0.25) is 5.91 Å². The highest BCUT2D eigenvalue weighted by Gasteiger charge is 2.20. The minimum atomic E-state index is 0.340. The molecule has 0 aromatic rings. The van der Waals surface area contributed by atoms with Crippen molar-refractivity contribution in [2.75, 3.05) is 18.8 Å². The third-order valence-electron chi connectivity index (χ3n) is 3.20. The molecule has 1 fully saturated rings. The Balaban J connectivity index is 2.22. The third kappa shape index (κ3) is 4.45. The summed E-state index contributed by atoms with van der Waals surface area (Å²) in [5.41, 5.74) is 0. The molecule has 0 aromatic heterocycles. The molecular weight excluding hydrogens is 206 g/mol. The molecule has 1 unspecified atom stereocenters. The first kappa shape index (κ1) is 12.9. The lowest BCUT2D eigenvalue weighted by Crippen LogP contribution is -2.39. The number of thioether (sulfide) groups is 1. The van der Waals surface area contributed by atoms with Crippen LogP contribution in [0, 0.1) is 5.92 Å². The molecule has 0 saturated carbocycles. The average molecular weight is 229 g/mol. The molecule has 1 amide bonds. The van der Waals surface area contributed by atoms with Gasteiger partial charge in [-0.3, -0.25) is 4.79 Å². The molecule has 1 aliphatic heterocycles. The SMILES string of the molecule is CCC(C)SCC(=O)N1CCC(C)CC1. The second-order valence-corrected chi connectivity index (χ2v) is 6.02. The molecular formula is C12H23NOS. The van der Waals surface area contributed by atoms with Crippen LogP contribution in [0.2, 0.25) is 0 Å². The highest BCUT2D eigenvalue weighted by atomic mass is 32.2. The van der Waals surface area contributed by atoms with E-state index in [1.54, 1.807) is 11.8 Å². The van der Waals surface area contributed by atoms with E-state index in [-0.39, 0.29) is 0 Å². The van der Waals surface area contributed by atoms with Crippen molar-refractivity contribution in [1.29, 1.82) is 0 Å². The van der Waals surface area contributed by atoms with Gasteiger partial charge in [-0.05, 0) is 25.2 Å². The van der Waals surface area contributed by atoms with E-state index in [2.05, 4.69) is 20.8 Å². The van der Waals surface area contributed by atoms with Gasteiger partial charge in [0.25, 0.3) is 0 Å². The van der Waals surface area contributed by atoms with E-state index >= 15 is 0 Å². The number of piperidine rings is 1. The number of nitrogens with zero attached hydrogens (tertiary/aromatic N) is 1. The standard InChI is InChI=1S/C12H23NOS/c1-4-11(3)15-9-12(14)13-7-5-10(2)6-8-13/h10-11H,4-9H2,1-3H3. The van der Waals surface area contributed by atoms with E-state index in [0.29, 0.717) is 16.9 Å². The van der Waals surface area contributed by atoms with Gasteiger partial charge in [0.05, 0.1) is 5.75 Å². The number of rotatable bonds is 4. The summed E-state index contributed by atoms with van der Waals surface area (Å²) in [7, 11) is 0. The summed E-state index contributed by atoms with van der Waals surface area (Å²) in [6, 6.07) is 0. The molecule has 88 valence electrons. The number of carbonyl (C=O) groups is 1. The van der Waals surface area contributed by atoms with Gasteiger partial charge >= 0.3 is 0 Å². The molecule has 1 aliphatic rings. The molecule has 1 atom stereocenters. The zero-order valence-corrected chi connectivity index (χ0v) is 11.0. The Kier molecular flexibility index (Phi) is 5.51. The first-order valence-corrected chi connectivity index (χ1v) is 7.07. The smallest absolute Gasteiger partial charge is 0.232 e. The summed E-state index contributed by atoms with van der Waals surface area (Å²) in [5, 5.41) is 0.609. The summed E-state index contributed by atoms with van der Waals surface area (Å²) >= 11 is 1.79. The molecule has 0 aliphatic carbocycles. The van der Waals surface area contributed by atoms with Gasteiger partial charge in [0, 0.05) is 18.3 Å². The van der Waals surface area contributed by atoms with Crippen molar-refractivity contribution >= 4 is 17.7 Å². The maximum absolute atomic E-state index is 11.8. The third-order valence-corrected chi connectivity index (χ3v) is 4.52. The van der Waals surface area contributed by atoms with Crippen molar-refractivity contribution < 1.29 is 4.79 Å². The Morgan fingerprint density at radius 2 is 2.07 bits per heavy atom. The van der Waals surface area contributed by atoms with E-state index in [0.717, 1.165) is 25.4 Å². The van der Waals surface area contributed by atoms with E-state index in [9.17, 15) is 4.79 Å². The number of hydrogen-bond acceptors (Lipinski definition) is 2. The normalized spacial score (nSPS) is 20.3. The Bertz CT molecular complexity index is 200. The quantitative estimate of drug-likeness (QED) is 0.739. The molecule has 15 heavy (non-hydrogen) atoms. The molecule has 1 rings (SSSR count). The van der Waals surface area contributed by atoms with E-state index in [1.807, 2.05) is 4.90 Å².